The van der Waals surface area contributed by atoms with Gasteiger partial charge in [0.05, 0.1) is 17.2 Å². The number of hydrogen-bond donors (Lipinski definition) is 1. The van der Waals surface area contributed by atoms with Crippen molar-refractivity contribution < 1.29 is 18.0 Å². The summed E-state index contributed by atoms with van der Waals surface area (Å²) < 4.78 is 40.6. The molecule has 1 atom stereocenters. The second-order valence-electron chi connectivity index (χ2n) is 7.93. The number of nitrogens with zero attached hydrogens (tertiary/aromatic N) is 5. The van der Waals surface area contributed by atoms with Gasteiger partial charge < -0.3 is 10.2 Å². The Bertz CT molecular complexity index is 1130. The van der Waals surface area contributed by atoms with E-state index < -0.39 is 11.7 Å². The number of piperidine rings is 1. The Morgan fingerprint density at radius 3 is 2.62 bits per heavy atom. The predicted molar refractivity (Wildman–Crippen MR) is 114 cm³/mol. The van der Waals surface area contributed by atoms with Crippen LogP contribution in [-0.2, 0) is 11.0 Å². The molecule has 2 aromatic heterocycles. The number of anilines is 2. The second kappa shape index (κ2) is 8.60. The normalized spacial score (nSPS) is 16.8. The van der Waals surface area contributed by atoms with Crippen LogP contribution in [0.3, 0.4) is 0 Å². The summed E-state index contributed by atoms with van der Waals surface area (Å²) in [7, 11) is 0. The molecule has 0 unspecified atom stereocenters. The highest BCUT2D eigenvalue weighted by atomic mass is 19.4. The van der Waals surface area contributed by atoms with Gasteiger partial charge in [-0.15, -0.1) is 0 Å². The summed E-state index contributed by atoms with van der Waals surface area (Å²) in [5.74, 6) is 0.641. The van der Waals surface area contributed by atoms with E-state index in [0.29, 0.717) is 24.6 Å². The molecule has 1 aliphatic heterocycles. The molecule has 1 N–H and O–H groups in total. The van der Waals surface area contributed by atoms with Crippen molar-refractivity contribution in [2.75, 3.05) is 23.3 Å². The van der Waals surface area contributed by atoms with Crippen LogP contribution in [0.25, 0.3) is 5.82 Å². The SMILES string of the molecule is Cc1cc(C)n(-c2cc(N3CCC[C@@H](C(=O)Nc4cccc(C(F)(F)F)c4)C3)ncn2)n1. The van der Waals surface area contributed by atoms with Gasteiger partial charge in [-0.3, -0.25) is 4.79 Å². The average molecular weight is 444 g/mol. The fraction of sp³-hybridized carbons (Fsp3) is 0.364. The molecule has 1 amide bonds. The lowest BCUT2D eigenvalue weighted by atomic mass is 9.97. The molecule has 0 spiro atoms. The van der Waals surface area contributed by atoms with Crippen molar-refractivity contribution in [1.82, 2.24) is 19.7 Å². The van der Waals surface area contributed by atoms with Gasteiger partial charge in [0.2, 0.25) is 5.91 Å². The number of aryl methyl sites for hydroxylation is 2. The molecule has 3 heterocycles. The van der Waals surface area contributed by atoms with Crippen LogP contribution in [0.5, 0.6) is 0 Å². The van der Waals surface area contributed by atoms with Gasteiger partial charge >= 0.3 is 6.18 Å². The first-order chi connectivity index (χ1) is 15.2. The maximum atomic E-state index is 12.9. The van der Waals surface area contributed by atoms with Gasteiger partial charge in [-0.05, 0) is 51.0 Å². The van der Waals surface area contributed by atoms with Crippen LogP contribution in [0.15, 0.2) is 42.7 Å². The van der Waals surface area contributed by atoms with Crippen LogP contribution in [0, 0.1) is 19.8 Å². The van der Waals surface area contributed by atoms with Crippen molar-refractivity contribution in [3.8, 4) is 5.82 Å². The number of benzene rings is 1. The number of halogens is 3. The quantitative estimate of drug-likeness (QED) is 0.654. The number of carbonyl (C=O) groups excluding carboxylic acids is 1. The minimum absolute atomic E-state index is 0.135. The minimum Gasteiger partial charge on any atom is -0.356 e. The van der Waals surface area contributed by atoms with Gasteiger partial charge in [0.25, 0.3) is 0 Å². The first-order valence-corrected chi connectivity index (χ1v) is 10.3. The van der Waals surface area contributed by atoms with Crippen LogP contribution in [0.4, 0.5) is 24.7 Å². The molecule has 3 aromatic rings. The number of nitrogens with one attached hydrogen (secondary N) is 1. The molecule has 7 nitrogen and oxygen atoms in total. The predicted octanol–water partition coefficient (Wildman–Crippen LogP) is 4.15. The number of amides is 1. The molecule has 168 valence electrons. The first kappa shape index (κ1) is 21.8. The summed E-state index contributed by atoms with van der Waals surface area (Å²) in [6.07, 6.45) is -1.58. The maximum absolute atomic E-state index is 12.9. The van der Waals surface area contributed by atoms with E-state index in [1.165, 1.54) is 18.5 Å². The van der Waals surface area contributed by atoms with Crippen LogP contribution < -0.4 is 10.2 Å². The fourth-order valence-corrected chi connectivity index (χ4v) is 3.90. The van der Waals surface area contributed by atoms with Crippen LogP contribution in [-0.4, -0.2) is 38.7 Å². The lowest BCUT2D eigenvalue weighted by Crippen LogP contribution is -2.41. The Kier molecular flexibility index (Phi) is 5.86. The number of alkyl halides is 3. The molecule has 0 aliphatic carbocycles. The third kappa shape index (κ3) is 4.74. The van der Waals surface area contributed by atoms with E-state index in [2.05, 4.69) is 20.4 Å². The maximum Gasteiger partial charge on any atom is 0.416 e. The topological polar surface area (TPSA) is 75.9 Å². The highest BCUT2D eigenvalue weighted by Gasteiger charge is 2.31. The zero-order chi connectivity index (χ0) is 22.9. The monoisotopic (exact) mass is 444 g/mol. The first-order valence-electron chi connectivity index (χ1n) is 10.3. The summed E-state index contributed by atoms with van der Waals surface area (Å²) in [5, 5.41) is 7.08. The van der Waals surface area contributed by atoms with Gasteiger partial charge in [-0.25, -0.2) is 14.6 Å². The van der Waals surface area contributed by atoms with E-state index in [4.69, 9.17) is 0 Å². The largest absolute Gasteiger partial charge is 0.416 e. The molecule has 32 heavy (non-hydrogen) atoms. The smallest absolute Gasteiger partial charge is 0.356 e. The molecule has 4 rings (SSSR count). The summed E-state index contributed by atoms with van der Waals surface area (Å²) in [5.41, 5.74) is 1.17. The van der Waals surface area contributed by atoms with Gasteiger partial charge in [0, 0.05) is 30.5 Å². The standard InChI is InChI=1S/C22H23F3N6O/c1-14-9-15(2)31(29-14)20-11-19(26-13-27-20)30-8-4-5-16(12-30)21(32)28-18-7-3-6-17(10-18)22(23,24)25/h3,6-7,9-11,13,16H,4-5,8,12H2,1-2H3,(H,28,32)/t16-/m1/s1. The van der Waals surface area contributed by atoms with Gasteiger partial charge in [-0.2, -0.15) is 18.3 Å². The highest BCUT2D eigenvalue weighted by molar-refractivity contribution is 5.93. The lowest BCUT2D eigenvalue weighted by Gasteiger charge is -2.33. The Morgan fingerprint density at radius 2 is 1.91 bits per heavy atom. The van der Waals surface area contributed by atoms with E-state index in [9.17, 15) is 18.0 Å². The molecule has 10 heteroatoms. The summed E-state index contributed by atoms with van der Waals surface area (Å²) in [6.45, 7) is 4.99. The fourth-order valence-electron chi connectivity index (χ4n) is 3.90. The van der Waals surface area contributed by atoms with E-state index in [1.54, 1.807) is 4.68 Å². The second-order valence-corrected chi connectivity index (χ2v) is 7.93. The third-order valence-electron chi connectivity index (χ3n) is 5.44. The lowest BCUT2D eigenvalue weighted by molar-refractivity contribution is -0.137. The Balaban J connectivity index is 1.47. The van der Waals surface area contributed by atoms with Crippen molar-refractivity contribution >= 4 is 17.4 Å². The molecule has 1 aromatic carbocycles. The van der Waals surface area contributed by atoms with Gasteiger partial charge in [-0.1, -0.05) is 6.07 Å². The Hall–Kier alpha value is -3.43. The number of hydrogen-bond acceptors (Lipinski definition) is 5. The van der Waals surface area contributed by atoms with E-state index >= 15 is 0 Å². The van der Waals surface area contributed by atoms with Crippen molar-refractivity contribution in [3.05, 3.63) is 59.7 Å². The molecule has 1 aliphatic rings. The molecule has 0 saturated carbocycles. The molecule has 1 saturated heterocycles. The van der Waals surface area contributed by atoms with E-state index in [1.807, 2.05) is 30.9 Å². The van der Waals surface area contributed by atoms with Crippen molar-refractivity contribution in [3.63, 3.8) is 0 Å². The molecule has 1 fully saturated rings. The number of aromatic nitrogens is 4. The van der Waals surface area contributed by atoms with Gasteiger partial charge in [0.1, 0.15) is 12.1 Å². The molecule has 0 radical (unpaired) electrons. The molecule has 0 bridgehead atoms. The summed E-state index contributed by atoms with van der Waals surface area (Å²) in [6, 6.07) is 8.45. The van der Waals surface area contributed by atoms with Crippen LogP contribution in [0.2, 0.25) is 0 Å². The van der Waals surface area contributed by atoms with E-state index in [-0.39, 0.29) is 17.5 Å². The molecular weight excluding hydrogens is 421 g/mol. The number of carbonyl (C=O) groups is 1. The number of rotatable bonds is 4. The van der Waals surface area contributed by atoms with Crippen molar-refractivity contribution in [1.29, 1.82) is 0 Å². The van der Waals surface area contributed by atoms with Gasteiger partial charge in [0.15, 0.2) is 5.82 Å². The van der Waals surface area contributed by atoms with Crippen LogP contribution in [0.1, 0.15) is 29.8 Å². The molecular formula is C22H23F3N6O. The summed E-state index contributed by atoms with van der Waals surface area (Å²) >= 11 is 0. The highest BCUT2D eigenvalue weighted by Crippen LogP contribution is 2.31. The minimum atomic E-state index is -4.46. The Labute approximate surface area is 183 Å². The third-order valence-corrected chi connectivity index (χ3v) is 5.44. The van der Waals surface area contributed by atoms with E-state index in [0.717, 1.165) is 36.5 Å². The van der Waals surface area contributed by atoms with Crippen LogP contribution >= 0.6 is 0 Å². The van der Waals surface area contributed by atoms with Crippen molar-refractivity contribution in [2.45, 2.75) is 32.9 Å². The zero-order valence-electron chi connectivity index (χ0n) is 17.7. The zero-order valence-corrected chi connectivity index (χ0v) is 17.7. The van der Waals surface area contributed by atoms with Crippen molar-refractivity contribution in [2.24, 2.45) is 5.92 Å². The average Bonchev–Trinajstić information content (AvgIpc) is 3.11. The Morgan fingerprint density at radius 1 is 1.12 bits per heavy atom. The summed E-state index contributed by atoms with van der Waals surface area (Å²) in [4.78, 5) is 23.4.